The van der Waals surface area contributed by atoms with Crippen molar-refractivity contribution in [3.05, 3.63) is 83.8 Å². The summed E-state index contributed by atoms with van der Waals surface area (Å²) in [5.41, 5.74) is 4.96. The molecule has 18 nitrogen and oxygen atoms in total. The number of carbonyl (C=O) groups is 4. The number of aromatic nitrogens is 6. The van der Waals surface area contributed by atoms with Gasteiger partial charge >= 0.3 is 12.2 Å². The third-order valence-electron chi connectivity index (χ3n) is 13.3. The number of aromatic amines is 2. The van der Waals surface area contributed by atoms with E-state index in [0.717, 1.165) is 40.7 Å². The fourth-order valence-electron chi connectivity index (χ4n) is 9.67. The Kier molecular flexibility index (Phi) is 12.5. The smallest absolute Gasteiger partial charge is 0.407 e. The summed E-state index contributed by atoms with van der Waals surface area (Å²) in [7, 11) is 2.53. The standard InChI is InChI=1S/C49H57FN10O8/c1-24(2)31-21-39(68-57-31)47-60-34-14-13-27(32-22-51-43(53-32)35-11-9-15-58(35)45(61)41(25(3)4)55-48(63)65-7)17-29(34)19-37(60)40-30(50)18-28(20-38(40)67-47)33-23-52-44(54-33)36-12-10-16-59(36)46(62)42(26(5)6)56-49(64)66-8/h13-14,17-26,35-36,41-42,47H,9-12,15-16H2,1-8H3,(H,51,53)(H,52,54)(H,55,63)(H,56,64)/t35-,36-,41?,42?,47?/m0/s1. The second kappa shape index (κ2) is 18.5. The summed E-state index contributed by atoms with van der Waals surface area (Å²) >= 11 is 0. The molecular weight excluding hydrogens is 876 g/mol. The molecule has 4 aromatic heterocycles. The van der Waals surface area contributed by atoms with Crippen LogP contribution in [-0.2, 0) is 19.1 Å². The van der Waals surface area contributed by atoms with Crippen LogP contribution in [0, 0.1) is 17.7 Å². The van der Waals surface area contributed by atoms with E-state index < -0.39 is 36.3 Å². The summed E-state index contributed by atoms with van der Waals surface area (Å²) in [6, 6.07) is 10.7. The molecule has 3 unspecified atom stereocenters. The first-order chi connectivity index (χ1) is 32.6. The number of fused-ring (bicyclic) bond motifs is 5. The van der Waals surface area contributed by atoms with Crippen molar-refractivity contribution >= 4 is 34.9 Å². The third kappa shape index (κ3) is 8.42. The van der Waals surface area contributed by atoms with Crippen molar-refractivity contribution in [2.45, 2.75) is 104 Å². The fraction of sp³-hybridized carbons (Fsp3) is 0.449. The second-order valence-electron chi connectivity index (χ2n) is 18.7. The molecule has 0 radical (unpaired) electrons. The number of nitrogens with zero attached hydrogens (tertiary/aromatic N) is 6. The summed E-state index contributed by atoms with van der Waals surface area (Å²) in [6.45, 7) is 12.5. The van der Waals surface area contributed by atoms with Crippen molar-refractivity contribution in [3.63, 3.8) is 0 Å². The van der Waals surface area contributed by atoms with Crippen LogP contribution < -0.4 is 15.4 Å². The van der Waals surface area contributed by atoms with E-state index in [0.29, 0.717) is 66.0 Å². The van der Waals surface area contributed by atoms with E-state index in [1.165, 1.54) is 20.3 Å². The van der Waals surface area contributed by atoms with Gasteiger partial charge in [-0.3, -0.25) is 14.2 Å². The molecule has 6 aromatic rings. The van der Waals surface area contributed by atoms with E-state index in [1.807, 2.05) is 76.4 Å². The van der Waals surface area contributed by atoms with Gasteiger partial charge in [0.25, 0.3) is 0 Å². The predicted molar refractivity (Wildman–Crippen MR) is 248 cm³/mol. The Morgan fingerprint density at radius 3 is 1.87 bits per heavy atom. The van der Waals surface area contributed by atoms with Gasteiger partial charge in [-0.15, -0.1) is 0 Å². The quantitative estimate of drug-likeness (QED) is 0.0915. The lowest BCUT2D eigenvalue weighted by molar-refractivity contribution is -0.136. The molecule has 4 amide bonds. The average Bonchev–Trinajstić information content (AvgIpc) is 4.18. The SMILES string of the molecule is COC(=O)NC(C(=O)N1CCC[C@H]1c1ncc(-c2cc(F)c3c(c2)OC(c2cc(C(C)C)no2)n2c-3cc3cc(-c4cnc([C@@H]5CCCN5C(=O)C(NC(=O)OC)C(C)C)[nH]4)ccc32)[nH]1)C(C)C. The van der Waals surface area contributed by atoms with Gasteiger partial charge in [0.2, 0.25) is 18.0 Å². The minimum absolute atomic E-state index is 0.0822. The summed E-state index contributed by atoms with van der Waals surface area (Å²) in [6.07, 6.45) is 4.09. The Hall–Kier alpha value is -7.18. The number of halogens is 1. The number of imidazole rings is 2. The van der Waals surface area contributed by atoms with Crippen LogP contribution in [0.5, 0.6) is 5.75 Å². The molecule has 7 heterocycles. The molecule has 0 saturated carbocycles. The van der Waals surface area contributed by atoms with Crippen LogP contribution in [0.1, 0.15) is 115 Å². The number of amides is 4. The van der Waals surface area contributed by atoms with E-state index in [1.54, 1.807) is 28.3 Å². The Morgan fingerprint density at radius 1 is 0.765 bits per heavy atom. The monoisotopic (exact) mass is 932 g/mol. The molecule has 2 saturated heterocycles. The van der Waals surface area contributed by atoms with Gasteiger partial charge in [-0.25, -0.2) is 23.9 Å². The van der Waals surface area contributed by atoms with Crippen LogP contribution in [0.2, 0.25) is 0 Å². The molecule has 5 atom stereocenters. The number of nitrogens with one attached hydrogen (secondary N) is 4. The number of methoxy groups -OCH3 is 2. The number of benzene rings is 2. The minimum atomic E-state index is -0.841. The van der Waals surface area contributed by atoms with Crippen LogP contribution in [0.4, 0.5) is 14.0 Å². The van der Waals surface area contributed by atoms with Gasteiger partial charge in [-0.1, -0.05) is 52.8 Å². The summed E-state index contributed by atoms with van der Waals surface area (Å²) < 4.78 is 41.0. The maximum Gasteiger partial charge on any atom is 0.407 e. The van der Waals surface area contributed by atoms with Crippen LogP contribution >= 0.6 is 0 Å². The number of alkyl carbamates (subject to hydrolysis) is 2. The zero-order chi connectivity index (χ0) is 48.1. The van der Waals surface area contributed by atoms with Crippen molar-refractivity contribution in [3.8, 4) is 39.5 Å². The van der Waals surface area contributed by atoms with Gasteiger partial charge in [0.1, 0.15) is 35.3 Å². The molecule has 9 rings (SSSR count). The number of hydrogen-bond acceptors (Lipinski definition) is 11. The van der Waals surface area contributed by atoms with Crippen LogP contribution in [0.15, 0.2) is 59.4 Å². The Balaban J connectivity index is 1.03. The normalized spacial score (nSPS) is 18.7. The summed E-state index contributed by atoms with van der Waals surface area (Å²) in [4.78, 5) is 71.6. The Morgan fingerprint density at radius 2 is 1.34 bits per heavy atom. The highest BCUT2D eigenvalue weighted by Gasteiger charge is 2.40. The molecule has 0 spiro atoms. The second-order valence-corrected chi connectivity index (χ2v) is 18.7. The zero-order valence-electron chi connectivity index (χ0n) is 39.4. The van der Waals surface area contributed by atoms with Gasteiger partial charge in [0.15, 0.2) is 5.76 Å². The molecule has 4 N–H and O–H groups in total. The molecule has 3 aliphatic rings. The Bertz CT molecular complexity index is 2880. The number of hydrogen-bond donors (Lipinski definition) is 4. The first kappa shape index (κ1) is 46.0. The first-order valence-electron chi connectivity index (χ1n) is 23.2. The third-order valence-corrected chi connectivity index (χ3v) is 13.3. The van der Waals surface area contributed by atoms with E-state index in [9.17, 15) is 19.2 Å². The Labute approximate surface area is 392 Å². The van der Waals surface area contributed by atoms with Crippen LogP contribution in [0.3, 0.4) is 0 Å². The van der Waals surface area contributed by atoms with Crippen LogP contribution in [-0.4, -0.2) is 103 Å². The van der Waals surface area contributed by atoms with Gasteiger partial charge in [-0.05, 0) is 73.8 Å². The fourth-order valence-corrected chi connectivity index (χ4v) is 9.67. The molecule has 0 bridgehead atoms. The van der Waals surface area contributed by atoms with Crippen molar-refractivity contribution in [1.82, 2.24) is 50.1 Å². The van der Waals surface area contributed by atoms with Gasteiger partial charge in [0.05, 0.1) is 72.6 Å². The number of carbonyl (C=O) groups excluding carboxylic acids is 4. The largest absolute Gasteiger partial charge is 0.462 e. The van der Waals surface area contributed by atoms with E-state index in [2.05, 4.69) is 30.7 Å². The number of rotatable bonds is 12. The van der Waals surface area contributed by atoms with E-state index >= 15 is 4.39 Å². The summed E-state index contributed by atoms with van der Waals surface area (Å²) in [5, 5.41) is 10.5. The lowest BCUT2D eigenvalue weighted by Gasteiger charge is -2.30. The highest BCUT2D eigenvalue weighted by Crippen LogP contribution is 2.48. The highest BCUT2D eigenvalue weighted by molar-refractivity contribution is 5.93. The molecular formula is C49H57FN10O8. The maximum absolute atomic E-state index is 16.9. The van der Waals surface area contributed by atoms with Gasteiger partial charge in [-0.2, -0.15) is 0 Å². The maximum atomic E-state index is 16.9. The zero-order valence-corrected chi connectivity index (χ0v) is 39.4. The van der Waals surface area contributed by atoms with Crippen molar-refractivity contribution in [2.75, 3.05) is 27.3 Å². The first-order valence-corrected chi connectivity index (χ1v) is 23.2. The van der Waals surface area contributed by atoms with Crippen molar-refractivity contribution < 1.29 is 42.3 Å². The molecule has 0 aliphatic carbocycles. The van der Waals surface area contributed by atoms with Gasteiger partial charge in [0, 0.05) is 35.7 Å². The van der Waals surface area contributed by atoms with E-state index in [4.69, 9.17) is 23.7 Å². The topological polar surface area (TPSA) is 215 Å². The minimum Gasteiger partial charge on any atom is -0.462 e. The average molecular weight is 933 g/mol. The van der Waals surface area contributed by atoms with Crippen molar-refractivity contribution in [1.29, 1.82) is 0 Å². The summed E-state index contributed by atoms with van der Waals surface area (Å²) in [5.74, 6) is 0.719. The van der Waals surface area contributed by atoms with Crippen LogP contribution in [0.25, 0.3) is 44.7 Å². The molecule has 68 heavy (non-hydrogen) atoms. The molecule has 2 fully saturated rings. The lowest BCUT2D eigenvalue weighted by atomic mass is 10.0. The molecule has 19 heteroatoms. The number of likely N-dealkylation sites (tertiary alicyclic amines) is 2. The molecule has 3 aliphatic heterocycles. The molecule has 2 aromatic carbocycles. The van der Waals surface area contributed by atoms with E-state index in [-0.39, 0.29) is 47.2 Å². The molecule has 358 valence electrons. The predicted octanol–water partition coefficient (Wildman–Crippen LogP) is 8.37. The highest BCUT2D eigenvalue weighted by atomic mass is 19.1. The van der Waals surface area contributed by atoms with Gasteiger partial charge < -0.3 is 49.1 Å². The number of H-pyrrole nitrogens is 2. The lowest BCUT2D eigenvalue weighted by Crippen LogP contribution is -2.51. The number of ether oxygens (including phenoxy) is 3. The van der Waals surface area contributed by atoms with Crippen molar-refractivity contribution in [2.24, 2.45) is 11.8 Å².